The van der Waals surface area contributed by atoms with Crippen LogP contribution in [0.2, 0.25) is 0 Å². The minimum absolute atomic E-state index is 0.00762. The number of hydrogen-bond acceptors (Lipinski definition) is 3. The summed E-state index contributed by atoms with van der Waals surface area (Å²) in [6.07, 6.45) is 0. The van der Waals surface area contributed by atoms with E-state index >= 15 is 0 Å². The Hall–Kier alpha value is -1.92. The second-order valence-electron chi connectivity index (χ2n) is 4.93. The average Bonchev–Trinajstić information content (AvgIpc) is 2.55. The summed E-state index contributed by atoms with van der Waals surface area (Å²) < 4.78 is 6.08. The van der Waals surface area contributed by atoms with E-state index in [1.165, 1.54) is 0 Å². The van der Waals surface area contributed by atoms with Gasteiger partial charge in [-0.15, -0.1) is 0 Å². The van der Waals surface area contributed by atoms with Gasteiger partial charge in [-0.25, -0.2) is 0 Å². The van der Waals surface area contributed by atoms with Crippen molar-refractivity contribution in [3.63, 3.8) is 0 Å². The third kappa shape index (κ3) is 5.04. The Morgan fingerprint density at radius 1 is 1.13 bits per heavy atom. The maximum absolute atomic E-state index is 12.1. The molecule has 0 heterocycles. The molecule has 0 fully saturated rings. The van der Waals surface area contributed by atoms with Crippen LogP contribution in [0.5, 0.6) is 5.75 Å². The zero-order valence-corrected chi connectivity index (χ0v) is 15.2. The highest BCUT2D eigenvalue weighted by Gasteiger charge is 2.11. The quantitative estimate of drug-likeness (QED) is 0.776. The number of thiocarbonyl (C=S) groups is 1. The van der Waals surface area contributed by atoms with Crippen molar-refractivity contribution in [2.45, 2.75) is 13.0 Å². The molecule has 1 atom stereocenters. The summed E-state index contributed by atoms with van der Waals surface area (Å²) in [4.78, 5) is 12.1. The van der Waals surface area contributed by atoms with Crippen molar-refractivity contribution in [2.24, 2.45) is 0 Å². The molecule has 2 aromatic rings. The first-order chi connectivity index (χ1) is 11.0. The molecule has 0 aliphatic heterocycles. The summed E-state index contributed by atoms with van der Waals surface area (Å²) in [7, 11) is 1.58. The number of ether oxygens (including phenoxy) is 1. The number of amides is 1. The summed E-state index contributed by atoms with van der Waals surface area (Å²) in [5.74, 6) is 0.444. The highest BCUT2D eigenvalue weighted by molar-refractivity contribution is 9.10. The molecule has 0 aliphatic rings. The average molecular weight is 393 g/mol. The lowest BCUT2D eigenvalue weighted by Gasteiger charge is -2.17. The van der Waals surface area contributed by atoms with Crippen LogP contribution in [-0.2, 0) is 0 Å². The zero-order valence-electron chi connectivity index (χ0n) is 12.8. The molecule has 0 aromatic heterocycles. The molecular weight excluding hydrogens is 376 g/mol. The largest absolute Gasteiger partial charge is 0.497 e. The monoisotopic (exact) mass is 392 g/mol. The summed E-state index contributed by atoms with van der Waals surface area (Å²) in [6, 6.07) is 14.8. The summed E-state index contributed by atoms with van der Waals surface area (Å²) in [6.45, 7) is 1.98. The lowest BCUT2D eigenvalue weighted by atomic mass is 10.1. The normalized spacial score (nSPS) is 11.4. The predicted molar refractivity (Wildman–Crippen MR) is 98.8 cm³/mol. The topological polar surface area (TPSA) is 50.4 Å². The molecule has 0 aliphatic carbocycles. The molecule has 6 heteroatoms. The van der Waals surface area contributed by atoms with Gasteiger partial charge in [0.05, 0.1) is 13.2 Å². The fraction of sp³-hybridized carbons (Fsp3) is 0.176. The number of benzene rings is 2. The first-order valence-electron chi connectivity index (χ1n) is 7.01. The Bertz CT molecular complexity index is 687. The minimum atomic E-state index is -0.256. The Morgan fingerprint density at radius 2 is 1.74 bits per heavy atom. The van der Waals surface area contributed by atoms with E-state index in [9.17, 15) is 4.79 Å². The van der Waals surface area contributed by atoms with E-state index in [4.69, 9.17) is 17.0 Å². The maximum atomic E-state index is 12.1. The van der Waals surface area contributed by atoms with E-state index in [0.29, 0.717) is 16.4 Å². The predicted octanol–water partition coefficient (Wildman–Crippen LogP) is 3.82. The van der Waals surface area contributed by atoms with Gasteiger partial charge in [0.2, 0.25) is 0 Å². The highest BCUT2D eigenvalue weighted by Crippen LogP contribution is 2.16. The van der Waals surface area contributed by atoms with Crippen molar-refractivity contribution in [1.29, 1.82) is 0 Å². The molecule has 0 saturated heterocycles. The smallest absolute Gasteiger partial charge is 0.257 e. The van der Waals surface area contributed by atoms with Crippen LogP contribution in [0, 0.1) is 0 Å². The van der Waals surface area contributed by atoms with Crippen LogP contribution in [-0.4, -0.2) is 18.1 Å². The first kappa shape index (κ1) is 17.4. The molecule has 23 heavy (non-hydrogen) atoms. The van der Waals surface area contributed by atoms with Gasteiger partial charge in [0.15, 0.2) is 5.11 Å². The Balaban J connectivity index is 1.92. The number of carbonyl (C=O) groups excluding carboxylic acids is 1. The van der Waals surface area contributed by atoms with E-state index in [1.807, 2.05) is 31.2 Å². The van der Waals surface area contributed by atoms with Gasteiger partial charge in [-0.2, -0.15) is 0 Å². The number of halogens is 1. The molecule has 4 nitrogen and oxygen atoms in total. The van der Waals surface area contributed by atoms with Crippen molar-refractivity contribution in [3.05, 3.63) is 64.1 Å². The van der Waals surface area contributed by atoms with Crippen LogP contribution in [0.15, 0.2) is 53.0 Å². The van der Waals surface area contributed by atoms with Crippen LogP contribution < -0.4 is 15.4 Å². The third-order valence-electron chi connectivity index (χ3n) is 3.30. The number of hydrogen-bond donors (Lipinski definition) is 2. The standard InChI is InChI=1S/C17H17BrN2O2S/c1-11(12-3-7-14(18)8-4-12)19-17(23)20-16(21)13-5-9-15(22-2)10-6-13/h3-11H,1-2H3,(H2,19,20,21,23). The van der Waals surface area contributed by atoms with Gasteiger partial charge in [0.1, 0.15) is 5.75 Å². The van der Waals surface area contributed by atoms with E-state index in [-0.39, 0.29) is 11.9 Å². The number of nitrogens with one attached hydrogen (secondary N) is 2. The van der Waals surface area contributed by atoms with Crippen LogP contribution in [0.25, 0.3) is 0 Å². The SMILES string of the molecule is COc1ccc(C(=O)NC(=S)NC(C)c2ccc(Br)cc2)cc1. The van der Waals surface area contributed by atoms with Gasteiger partial charge in [-0.05, 0) is 61.1 Å². The van der Waals surface area contributed by atoms with Crippen molar-refractivity contribution in [2.75, 3.05) is 7.11 Å². The number of rotatable bonds is 4. The molecule has 2 aromatic carbocycles. The van der Waals surface area contributed by atoms with Gasteiger partial charge in [0, 0.05) is 10.0 Å². The van der Waals surface area contributed by atoms with Crippen molar-refractivity contribution in [1.82, 2.24) is 10.6 Å². The third-order valence-corrected chi connectivity index (χ3v) is 4.05. The number of methoxy groups -OCH3 is 1. The van der Waals surface area contributed by atoms with Crippen molar-refractivity contribution < 1.29 is 9.53 Å². The van der Waals surface area contributed by atoms with Crippen LogP contribution >= 0.6 is 28.1 Å². The molecule has 2 N–H and O–H groups in total. The Kier molecular flexibility index (Phi) is 6.12. The Morgan fingerprint density at radius 3 is 2.30 bits per heavy atom. The maximum Gasteiger partial charge on any atom is 0.257 e. The van der Waals surface area contributed by atoms with Gasteiger partial charge in [0.25, 0.3) is 5.91 Å². The van der Waals surface area contributed by atoms with E-state index < -0.39 is 0 Å². The molecule has 1 unspecified atom stereocenters. The highest BCUT2D eigenvalue weighted by atomic mass is 79.9. The lowest BCUT2D eigenvalue weighted by Crippen LogP contribution is -2.40. The summed E-state index contributed by atoms with van der Waals surface area (Å²) in [5, 5.41) is 6.07. The van der Waals surface area contributed by atoms with Gasteiger partial charge in [-0.3, -0.25) is 10.1 Å². The molecule has 120 valence electrons. The molecule has 0 radical (unpaired) electrons. The molecule has 2 rings (SSSR count). The summed E-state index contributed by atoms with van der Waals surface area (Å²) in [5.41, 5.74) is 1.60. The second kappa shape index (κ2) is 8.08. The van der Waals surface area contributed by atoms with Crippen molar-refractivity contribution >= 4 is 39.2 Å². The number of carbonyl (C=O) groups is 1. The Labute approximate surface area is 149 Å². The lowest BCUT2D eigenvalue weighted by molar-refractivity contribution is 0.0976. The van der Waals surface area contributed by atoms with Crippen LogP contribution in [0.4, 0.5) is 0 Å². The fourth-order valence-electron chi connectivity index (χ4n) is 1.99. The summed E-state index contributed by atoms with van der Waals surface area (Å²) >= 11 is 8.61. The second-order valence-corrected chi connectivity index (χ2v) is 6.25. The molecule has 0 saturated carbocycles. The van der Waals surface area contributed by atoms with E-state index in [1.54, 1.807) is 31.4 Å². The molecule has 0 spiro atoms. The van der Waals surface area contributed by atoms with Gasteiger partial charge >= 0.3 is 0 Å². The van der Waals surface area contributed by atoms with Gasteiger partial charge < -0.3 is 10.1 Å². The first-order valence-corrected chi connectivity index (χ1v) is 8.21. The fourth-order valence-corrected chi connectivity index (χ4v) is 2.52. The minimum Gasteiger partial charge on any atom is -0.497 e. The molecular formula is C17H17BrN2O2S. The van der Waals surface area contributed by atoms with Crippen LogP contribution in [0.3, 0.4) is 0 Å². The van der Waals surface area contributed by atoms with Crippen LogP contribution in [0.1, 0.15) is 28.9 Å². The molecule has 1 amide bonds. The van der Waals surface area contributed by atoms with E-state index in [0.717, 1.165) is 10.0 Å². The van der Waals surface area contributed by atoms with Gasteiger partial charge in [-0.1, -0.05) is 28.1 Å². The molecule has 0 bridgehead atoms. The zero-order chi connectivity index (χ0) is 16.8. The van der Waals surface area contributed by atoms with E-state index in [2.05, 4.69) is 26.6 Å². The van der Waals surface area contributed by atoms with Crippen molar-refractivity contribution in [3.8, 4) is 5.75 Å².